The van der Waals surface area contributed by atoms with Crippen molar-refractivity contribution in [3.63, 3.8) is 0 Å². The maximum Gasteiger partial charge on any atom is 0.307 e. The number of hydrogen-bond acceptors (Lipinski definition) is 7. The van der Waals surface area contributed by atoms with Gasteiger partial charge in [-0.25, -0.2) is 15.0 Å². The maximum absolute atomic E-state index is 11.6. The second-order valence-electron chi connectivity index (χ2n) is 9.02. The fourth-order valence-electron chi connectivity index (χ4n) is 4.88. The third kappa shape index (κ3) is 4.52. The number of carboxylic acid groups (broad SMARTS) is 1. The van der Waals surface area contributed by atoms with Crippen LogP contribution in [0.15, 0.2) is 36.7 Å². The molecule has 2 atom stereocenters. The van der Waals surface area contributed by atoms with Crippen LogP contribution in [-0.4, -0.2) is 31.1 Å². The summed E-state index contributed by atoms with van der Waals surface area (Å²) >= 11 is 1.46. The summed E-state index contributed by atoms with van der Waals surface area (Å²) in [6.07, 6.45) is 4.30. The first-order valence-electron chi connectivity index (χ1n) is 10.7. The van der Waals surface area contributed by atoms with Gasteiger partial charge in [-0.15, -0.1) is 11.3 Å². The molecule has 4 rings (SSSR count). The molecule has 0 aliphatic heterocycles. The first-order valence-corrected chi connectivity index (χ1v) is 11.6. The van der Waals surface area contributed by atoms with Gasteiger partial charge >= 0.3 is 5.97 Å². The number of hydrogen-bond donors (Lipinski definition) is 3. The summed E-state index contributed by atoms with van der Waals surface area (Å²) in [4.78, 5) is 25.8. The average Bonchev–Trinajstić information content (AvgIpc) is 3.18. The van der Waals surface area contributed by atoms with E-state index in [0.29, 0.717) is 23.8 Å². The van der Waals surface area contributed by atoms with Gasteiger partial charge in [-0.05, 0) is 67.9 Å². The van der Waals surface area contributed by atoms with Crippen LogP contribution in [0.1, 0.15) is 43.0 Å². The fourth-order valence-corrected chi connectivity index (χ4v) is 5.89. The fraction of sp³-hybridized carbons (Fsp3) is 0.417. The van der Waals surface area contributed by atoms with Gasteiger partial charge in [-0.3, -0.25) is 4.79 Å². The van der Waals surface area contributed by atoms with Crippen LogP contribution in [-0.2, 0) is 10.4 Å². The van der Waals surface area contributed by atoms with Gasteiger partial charge in [0.15, 0.2) is 0 Å². The molecular weight excluding hydrogens is 424 g/mol. The Balaban J connectivity index is 1.60. The largest absolute Gasteiger partial charge is 0.481 e. The van der Waals surface area contributed by atoms with E-state index in [2.05, 4.69) is 26.3 Å². The quantitative estimate of drug-likeness (QED) is 0.504. The Morgan fingerprint density at radius 3 is 2.53 bits per heavy atom. The molecule has 2 aromatic heterocycles. The Hall–Kier alpha value is -2.84. The minimum Gasteiger partial charge on any atom is -0.481 e. The normalized spacial score (nSPS) is 25.5. The topological polar surface area (TPSA) is 108 Å². The average molecular weight is 453 g/mol. The monoisotopic (exact) mass is 452 g/mol. The van der Waals surface area contributed by atoms with Crippen molar-refractivity contribution in [3.05, 3.63) is 52.9 Å². The summed E-state index contributed by atoms with van der Waals surface area (Å²) in [6.45, 7) is 7.75. The smallest absolute Gasteiger partial charge is 0.307 e. The molecule has 0 radical (unpaired) electrons. The molecule has 1 aromatic carbocycles. The van der Waals surface area contributed by atoms with Crippen LogP contribution >= 0.6 is 11.3 Å². The third-order valence-corrected chi connectivity index (χ3v) is 7.39. The number of carboxylic acids is 1. The van der Waals surface area contributed by atoms with E-state index in [0.717, 1.165) is 27.4 Å². The van der Waals surface area contributed by atoms with E-state index < -0.39 is 17.5 Å². The standard InChI is InChI=1S/C24H28N4O3S/c1-13-7-17(9-18(8-13)28-23-25-6-5-16(4)27-23)19-12-26-22(32-19)24(31)10-14(2)20(21(29)30)15(3)11-24/h5-9,12,14-15,20,31H,10-11H2,1-4H3,(H,29,30)(H,25,27,28). The summed E-state index contributed by atoms with van der Waals surface area (Å²) in [5, 5.41) is 24.8. The molecule has 1 saturated carbocycles. The summed E-state index contributed by atoms with van der Waals surface area (Å²) < 4.78 is 0. The molecule has 2 unspecified atom stereocenters. The minimum atomic E-state index is -1.10. The second kappa shape index (κ2) is 8.60. The van der Waals surface area contributed by atoms with Gasteiger partial charge in [0.1, 0.15) is 10.6 Å². The lowest BCUT2D eigenvalue weighted by Crippen LogP contribution is -2.43. The van der Waals surface area contributed by atoms with Gasteiger partial charge in [-0.2, -0.15) is 0 Å². The Kier molecular flexibility index (Phi) is 6.01. The minimum absolute atomic E-state index is 0.127. The number of nitrogens with one attached hydrogen (secondary N) is 1. The lowest BCUT2D eigenvalue weighted by molar-refractivity contribution is -0.152. The number of anilines is 2. The van der Waals surface area contributed by atoms with Gasteiger partial charge in [0, 0.05) is 23.8 Å². The van der Waals surface area contributed by atoms with Crippen LogP contribution in [0.25, 0.3) is 10.4 Å². The van der Waals surface area contributed by atoms with Gasteiger partial charge in [0.25, 0.3) is 0 Å². The Morgan fingerprint density at radius 2 is 1.88 bits per heavy atom. The zero-order valence-corrected chi connectivity index (χ0v) is 19.5. The molecule has 0 spiro atoms. The highest BCUT2D eigenvalue weighted by Gasteiger charge is 2.47. The number of aromatic nitrogens is 3. The number of aliphatic hydroxyl groups is 1. The highest BCUT2D eigenvalue weighted by Crippen LogP contribution is 2.47. The van der Waals surface area contributed by atoms with Crippen molar-refractivity contribution in [2.45, 2.75) is 46.1 Å². The highest BCUT2D eigenvalue weighted by atomic mass is 32.1. The molecule has 1 fully saturated rings. The van der Waals surface area contributed by atoms with E-state index >= 15 is 0 Å². The van der Waals surface area contributed by atoms with E-state index in [9.17, 15) is 15.0 Å². The zero-order valence-electron chi connectivity index (χ0n) is 18.7. The lowest BCUT2D eigenvalue weighted by Gasteiger charge is -2.41. The van der Waals surface area contributed by atoms with Crippen molar-refractivity contribution in [1.29, 1.82) is 0 Å². The number of rotatable bonds is 5. The number of aryl methyl sites for hydroxylation is 2. The van der Waals surface area contributed by atoms with Crippen molar-refractivity contribution >= 4 is 28.9 Å². The number of aliphatic carboxylic acids is 1. The Morgan fingerprint density at radius 1 is 1.16 bits per heavy atom. The van der Waals surface area contributed by atoms with Crippen LogP contribution in [0.5, 0.6) is 0 Å². The van der Waals surface area contributed by atoms with Crippen molar-refractivity contribution in [2.24, 2.45) is 17.8 Å². The van der Waals surface area contributed by atoms with Crippen molar-refractivity contribution in [3.8, 4) is 10.4 Å². The van der Waals surface area contributed by atoms with Crippen LogP contribution in [0.3, 0.4) is 0 Å². The van der Waals surface area contributed by atoms with E-state index in [1.54, 1.807) is 12.4 Å². The predicted molar refractivity (Wildman–Crippen MR) is 125 cm³/mol. The first-order chi connectivity index (χ1) is 15.1. The van der Waals surface area contributed by atoms with Crippen LogP contribution in [0, 0.1) is 31.6 Å². The summed E-state index contributed by atoms with van der Waals surface area (Å²) in [5.41, 5.74) is 2.73. The third-order valence-electron chi connectivity index (χ3n) is 6.15. The zero-order chi connectivity index (χ0) is 23.0. The van der Waals surface area contributed by atoms with E-state index in [1.807, 2.05) is 45.9 Å². The summed E-state index contributed by atoms with van der Waals surface area (Å²) in [7, 11) is 0. The van der Waals surface area contributed by atoms with Crippen molar-refractivity contribution in [1.82, 2.24) is 15.0 Å². The molecule has 0 amide bonds. The van der Waals surface area contributed by atoms with Crippen LogP contribution in [0.4, 0.5) is 11.6 Å². The number of carbonyl (C=O) groups is 1. The Bertz CT molecular complexity index is 1130. The highest BCUT2D eigenvalue weighted by molar-refractivity contribution is 7.15. The molecule has 2 heterocycles. The number of nitrogens with zero attached hydrogens (tertiary/aromatic N) is 3. The van der Waals surface area contributed by atoms with Gasteiger partial charge in [0.2, 0.25) is 5.95 Å². The van der Waals surface area contributed by atoms with E-state index in [-0.39, 0.29) is 11.8 Å². The second-order valence-corrected chi connectivity index (χ2v) is 10.1. The summed E-state index contributed by atoms with van der Waals surface area (Å²) in [5.74, 6) is -0.942. The van der Waals surface area contributed by atoms with Gasteiger partial charge < -0.3 is 15.5 Å². The molecule has 3 aromatic rings. The molecule has 1 aliphatic carbocycles. The molecule has 3 N–H and O–H groups in total. The van der Waals surface area contributed by atoms with Crippen LogP contribution < -0.4 is 5.32 Å². The number of thiazole rings is 1. The van der Waals surface area contributed by atoms with Crippen molar-refractivity contribution < 1.29 is 15.0 Å². The summed E-state index contributed by atoms with van der Waals surface area (Å²) in [6, 6.07) is 7.98. The van der Waals surface area contributed by atoms with Gasteiger partial charge in [0.05, 0.1) is 10.8 Å². The predicted octanol–water partition coefficient (Wildman–Crippen LogP) is 4.91. The molecule has 32 heavy (non-hydrogen) atoms. The molecule has 168 valence electrons. The lowest BCUT2D eigenvalue weighted by atomic mass is 9.67. The molecule has 0 saturated heterocycles. The van der Waals surface area contributed by atoms with E-state index in [1.165, 1.54) is 11.3 Å². The SMILES string of the molecule is Cc1cc(Nc2nccc(C)n2)cc(-c2cnc(C3(O)CC(C)C(C(=O)O)C(C)C3)s2)c1. The van der Waals surface area contributed by atoms with Gasteiger partial charge in [-0.1, -0.05) is 19.9 Å². The van der Waals surface area contributed by atoms with Crippen molar-refractivity contribution in [2.75, 3.05) is 5.32 Å². The maximum atomic E-state index is 11.6. The van der Waals surface area contributed by atoms with Crippen LogP contribution in [0.2, 0.25) is 0 Å². The molecule has 1 aliphatic rings. The molecule has 0 bridgehead atoms. The van der Waals surface area contributed by atoms with E-state index in [4.69, 9.17) is 0 Å². The number of benzene rings is 1. The molecular formula is C24H28N4O3S. The first kappa shape index (κ1) is 22.4. The Labute approximate surface area is 191 Å². The molecule has 8 heteroatoms. The molecule has 7 nitrogen and oxygen atoms in total.